The third-order valence-corrected chi connectivity index (χ3v) is 3.59. The van der Waals surface area contributed by atoms with E-state index < -0.39 is 5.54 Å². The molecule has 0 atom stereocenters. The van der Waals surface area contributed by atoms with Gasteiger partial charge < -0.3 is 5.32 Å². The van der Waals surface area contributed by atoms with Gasteiger partial charge in [-0.1, -0.05) is 31.9 Å². The van der Waals surface area contributed by atoms with Crippen LogP contribution in [0.2, 0.25) is 5.28 Å². The van der Waals surface area contributed by atoms with E-state index in [0.29, 0.717) is 5.82 Å². The van der Waals surface area contributed by atoms with Crippen LogP contribution in [0.15, 0.2) is 24.3 Å². The van der Waals surface area contributed by atoms with Crippen LogP contribution < -0.4 is 5.32 Å². The van der Waals surface area contributed by atoms with Crippen molar-refractivity contribution < 1.29 is 0 Å². The van der Waals surface area contributed by atoms with Crippen LogP contribution in [-0.2, 0) is 0 Å². The number of rotatable bonds is 4. The van der Waals surface area contributed by atoms with Crippen LogP contribution in [0.5, 0.6) is 0 Å². The number of nitrogens with one attached hydrogen (secondary N) is 1. The maximum absolute atomic E-state index is 5.97. The molecule has 1 aromatic heterocycles. The highest BCUT2D eigenvalue weighted by molar-refractivity contribution is 6.28. The number of para-hydroxylation sites is 1. The molecule has 0 amide bonds. The summed E-state index contributed by atoms with van der Waals surface area (Å²) in [5.41, 5.74) is 0.406. The van der Waals surface area contributed by atoms with Gasteiger partial charge in [-0.15, -0.1) is 6.42 Å². The zero-order chi connectivity index (χ0) is 13.9. The normalized spacial score (nSPS) is 11.3. The Kier molecular flexibility index (Phi) is 3.92. The first kappa shape index (κ1) is 13.6. The Morgan fingerprint density at radius 3 is 2.58 bits per heavy atom. The second kappa shape index (κ2) is 5.46. The van der Waals surface area contributed by atoms with Crippen molar-refractivity contribution in [1.29, 1.82) is 0 Å². The number of halogens is 1. The Balaban J connectivity index is 2.54. The fraction of sp³-hybridized carbons (Fsp3) is 0.333. The molecule has 0 aliphatic rings. The number of aromatic nitrogens is 2. The second-order valence-corrected chi connectivity index (χ2v) is 4.76. The highest BCUT2D eigenvalue weighted by Crippen LogP contribution is 2.27. The first-order valence-electron chi connectivity index (χ1n) is 6.32. The number of hydrogen-bond donors (Lipinski definition) is 1. The quantitative estimate of drug-likeness (QED) is 0.678. The minimum absolute atomic E-state index is 0.222. The van der Waals surface area contributed by atoms with Gasteiger partial charge in [0.25, 0.3) is 0 Å². The van der Waals surface area contributed by atoms with E-state index in [1.807, 2.05) is 24.3 Å². The van der Waals surface area contributed by atoms with Gasteiger partial charge in [-0.3, -0.25) is 0 Å². The van der Waals surface area contributed by atoms with Crippen molar-refractivity contribution in [2.45, 2.75) is 32.2 Å². The Bertz CT molecular complexity index is 627. The maximum atomic E-state index is 5.97. The van der Waals surface area contributed by atoms with Crippen molar-refractivity contribution >= 4 is 28.3 Å². The molecule has 2 rings (SSSR count). The summed E-state index contributed by atoms with van der Waals surface area (Å²) in [5.74, 6) is 3.52. The fourth-order valence-electron chi connectivity index (χ4n) is 2.04. The maximum Gasteiger partial charge on any atom is 0.224 e. The van der Waals surface area contributed by atoms with Crippen molar-refractivity contribution in [2.75, 3.05) is 5.32 Å². The van der Waals surface area contributed by atoms with E-state index in [1.54, 1.807) is 0 Å². The first-order chi connectivity index (χ1) is 9.14. The van der Waals surface area contributed by atoms with E-state index >= 15 is 0 Å². The molecule has 19 heavy (non-hydrogen) atoms. The summed E-state index contributed by atoms with van der Waals surface area (Å²) in [6, 6.07) is 7.73. The molecule has 0 radical (unpaired) electrons. The summed E-state index contributed by atoms with van der Waals surface area (Å²) < 4.78 is 0. The van der Waals surface area contributed by atoms with E-state index in [0.717, 1.165) is 23.7 Å². The first-order valence-corrected chi connectivity index (χ1v) is 6.70. The molecule has 2 aromatic rings. The number of benzene rings is 1. The van der Waals surface area contributed by atoms with Gasteiger partial charge in [0.05, 0.1) is 11.1 Å². The molecule has 0 saturated carbocycles. The summed E-state index contributed by atoms with van der Waals surface area (Å²) in [6.07, 6.45) is 7.30. The standard InChI is InChI=1S/C15H16ClN3/c1-4-15(5-2,6-3)19-13-11-9-7-8-10-12(11)17-14(16)18-13/h1,7-10H,5-6H2,2-3H3,(H,17,18,19). The lowest BCUT2D eigenvalue weighted by Crippen LogP contribution is -2.35. The summed E-state index contributed by atoms with van der Waals surface area (Å²) in [7, 11) is 0. The molecule has 1 N–H and O–H groups in total. The van der Waals surface area contributed by atoms with Gasteiger partial charge >= 0.3 is 0 Å². The molecule has 98 valence electrons. The highest BCUT2D eigenvalue weighted by Gasteiger charge is 2.24. The summed E-state index contributed by atoms with van der Waals surface area (Å²) in [6.45, 7) is 4.11. The zero-order valence-corrected chi connectivity index (χ0v) is 11.8. The molecule has 4 heteroatoms. The van der Waals surface area contributed by atoms with Gasteiger partial charge in [-0.05, 0) is 36.6 Å². The zero-order valence-electron chi connectivity index (χ0n) is 11.1. The molecule has 0 aliphatic heterocycles. The molecule has 0 spiro atoms. The highest BCUT2D eigenvalue weighted by atomic mass is 35.5. The largest absolute Gasteiger partial charge is 0.353 e. The monoisotopic (exact) mass is 273 g/mol. The third kappa shape index (κ3) is 2.64. The van der Waals surface area contributed by atoms with E-state index in [2.05, 4.69) is 35.1 Å². The molecule has 0 saturated heterocycles. The van der Waals surface area contributed by atoms with Crippen LogP contribution in [0.3, 0.4) is 0 Å². The van der Waals surface area contributed by atoms with Crippen molar-refractivity contribution in [3.05, 3.63) is 29.5 Å². The van der Waals surface area contributed by atoms with E-state index in [9.17, 15) is 0 Å². The molecule has 1 aromatic carbocycles. The molecule has 0 aliphatic carbocycles. The average molecular weight is 274 g/mol. The average Bonchev–Trinajstić information content (AvgIpc) is 2.44. The van der Waals surface area contributed by atoms with E-state index in [-0.39, 0.29) is 5.28 Å². The van der Waals surface area contributed by atoms with Crippen molar-refractivity contribution in [1.82, 2.24) is 9.97 Å². The number of anilines is 1. The Morgan fingerprint density at radius 1 is 1.26 bits per heavy atom. The van der Waals surface area contributed by atoms with E-state index in [1.165, 1.54) is 0 Å². The Morgan fingerprint density at radius 2 is 1.95 bits per heavy atom. The smallest absolute Gasteiger partial charge is 0.224 e. The van der Waals surface area contributed by atoms with Gasteiger partial charge in [0.15, 0.2) is 0 Å². The lowest BCUT2D eigenvalue weighted by Gasteiger charge is -2.28. The van der Waals surface area contributed by atoms with Crippen LogP contribution in [0, 0.1) is 12.3 Å². The predicted octanol–water partition coefficient (Wildman–Crippen LogP) is 3.89. The van der Waals surface area contributed by atoms with E-state index in [4.69, 9.17) is 18.0 Å². The number of terminal acetylenes is 1. The molecule has 0 bridgehead atoms. The van der Waals surface area contributed by atoms with Crippen molar-refractivity contribution in [3.63, 3.8) is 0 Å². The lowest BCUT2D eigenvalue weighted by atomic mass is 9.94. The number of hydrogen-bond acceptors (Lipinski definition) is 3. The van der Waals surface area contributed by atoms with Crippen LogP contribution in [0.4, 0.5) is 5.82 Å². The van der Waals surface area contributed by atoms with Gasteiger partial charge in [-0.2, -0.15) is 0 Å². The summed E-state index contributed by atoms with van der Waals surface area (Å²) in [4.78, 5) is 8.48. The fourth-order valence-corrected chi connectivity index (χ4v) is 2.21. The summed E-state index contributed by atoms with van der Waals surface area (Å²) in [5, 5.41) is 4.50. The van der Waals surface area contributed by atoms with Gasteiger partial charge in [0.2, 0.25) is 5.28 Å². The summed E-state index contributed by atoms with van der Waals surface area (Å²) >= 11 is 5.97. The molecular weight excluding hydrogens is 258 g/mol. The van der Waals surface area contributed by atoms with Crippen LogP contribution in [0.1, 0.15) is 26.7 Å². The topological polar surface area (TPSA) is 37.8 Å². The Hall–Kier alpha value is -1.79. The minimum atomic E-state index is -0.402. The van der Waals surface area contributed by atoms with Crippen LogP contribution in [0.25, 0.3) is 10.9 Å². The number of fused-ring (bicyclic) bond motifs is 1. The molecule has 0 unspecified atom stereocenters. The SMILES string of the molecule is C#CC(CC)(CC)Nc1nc(Cl)nc2ccccc12. The molecular formula is C15H16ClN3. The van der Waals surface area contributed by atoms with Crippen molar-refractivity contribution in [3.8, 4) is 12.3 Å². The van der Waals surface area contributed by atoms with Gasteiger partial charge in [0.1, 0.15) is 5.82 Å². The Labute approximate surface area is 118 Å². The second-order valence-electron chi connectivity index (χ2n) is 4.42. The van der Waals surface area contributed by atoms with Gasteiger partial charge in [0, 0.05) is 5.39 Å². The lowest BCUT2D eigenvalue weighted by molar-refractivity contribution is 0.554. The van der Waals surface area contributed by atoms with Crippen molar-refractivity contribution in [2.24, 2.45) is 0 Å². The molecule has 3 nitrogen and oxygen atoms in total. The third-order valence-electron chi connectivity index (χ3n) is 3.42. The van der Waals surface area contributed by atoms with Crippen LogP contribution >= 0.6 is 11.6 Å². The van der Waals surface area contributed by atoms with Crippen LogP contribution in [-0.4, -0.2) is 15.5 Å². The molecule has 1 heterocycles. The number of nitrogens with zero attached hydrogens (tertiary/aromatic N) is 2. The van der Waals surface area contributed by atoms with Gasteiger partial charge in [-0.25, -0.2) is 9.97 Å². The minimum Gasteiger partial charge on any atom is -0.353 e. The predicted molar refractivity (Wildman–Crippen MR) is 80.3 cm³/mol. The molecule has 0 fully saturated rings.